The second-order valence-electron chi connectivity index (χ2n) is 16.8. The fourth-order valence-electron chi connectivity index (χ4n) is 7.82. The van der Waals surface area contributed by atoms with E-state index in [1.807, 2.05) is 48.5 Å². The summed E-state index contributed by atoms with van der Waals surface area (Å²) in [6.45, 7) is 3.88. The van der Waals surface area contributed by atoms with Gasteiger partial charge in [0.25, 0.3) is 0 Å². The molecule has 340 valence electrons. The van der Waals surface area contributed by atoms with Gasteiger partial charge in [-0.3, -0.25) is 14.2 Å². The van der Waals surface area contributed by atoms with Crippen molar-refractivity contribution in [2.75, 3.05) is 13.2 Å². The van der Waals surface area contributed by atoms with Crippen LogP contribution in [0.4, 0.5) is 0 Å². The number of para-hydroxylation sites is 2. The van der Waals surface area contributed by atoms with Crippen molar-refractivity contribution in [3.8, 4) is 0 Å². The van der Waals surface area contributed by atoms with E-state index in [4.69, 9.17) is 55.9 Å². The predicted octanol–water partition coefficient (Wildman–Crippen LogP) is 13.5. The molecule has 0 aliphatic heterocycles. The van der Waals surface area contributed by atoms with Crippen LogP contribution in [0.2, 0.25) is 20.1 Å². The van der Waals surface area contributed by atoms with Crippen LogP contribution in [0, 0.1) is 0 Å². The van der Waals surface area contributed by atoms with Gasteiger partial charge in [-0.15, -0.1) is 0 Å². The second kappa shape index (κ2) is 24.1. The van der Waals surface area contributed by atoms with Gasteiger partial charge in [0, 0.05) is 37.3 Å². The molecule has 0 aliphatic carbocycles. The monoisotopic (exact) mass is 947 g/mol. The molecular formula is C50H57Cl4N5O5. The lowest BCUT2D eigenvalue weighted by Gasteiger charge is -2.29. The van der Waals surface area contributed by atoms with Crippen LogP contribution in [0.25, 0.3) is 21.8 Å². The molecule has 2 aromatic heterocycles. The van der Waals surface area contributed by atoms with Gasteiger partial charge in [-0.2, -0.15) is 10.2 Å². The van der Waals surface area contributed by atoms with Gasteiger partial charge < -0.3 is 14.8 Å². The van der Waals surface area contributed by atoms with E-state index in [2.05, 4.69) is 22.4 Å². The normalized spacial score (nSPS) is 11.7. The Labute approximate surface area is 395 Å². The molecule has 64 heavy (non-hydrogen) atoms. The molecule has 0 aliphatic rings. The summed E-state index contributed by atoms with van der Waals surface area (Å²) in [6.07, 6.45) is 15.8. The number of ether oxygens (including phenoxy) is 2. The number of esters is 2. The lowest BCUT2D eigenvalue weighted by Crippen LogP contribution is -2.53. The molecule has 0 radical (unpaired) electrons. The third-order valence-corrected chi connectivity index (χ3v) is 12.5. The molecule has 14 heteroatoms. The van der Waals surface area contributed by atoms with E-state index in [1.165, 1.54) is 57.8 Å². The summed E-state index contributed by atoms with van der Waals surface area (Å²) in [5.74, 6) is -1.64. The molecule has 0 saturated heterocycles. The number of halogens is 4. The lowest BCUT2D eigenvalue weighted by molar-refractivity contribution is -0.124. The molecule has 0 fully saturated rings. The Hall–Kier alpha value is -4.61. The number of hydrogen-bond acceptors (Lipinski definition) is 7. The van der Waals surface area contributed by atoms with E-state index in [9.17, 15) is 14.4 Å². The van der Waals surface area contributed by atoms with Crippen molar-refractivity contribution in [2.45, 2.75) is 122 Å². The lowest BCUT2D eigenvalue weighted by atomic mass is 10.0. The predicted molar refractivity (Wildman–Crippen MR) is 258 cm³/mol. The van der Waals surface area contributed by atoms with Crippen LogP contribution in [-0.2, 0) is 27.4 Å². The van der Waals surface area contributed by atoms with Crippen molar-refractivity contribution in [1.29, 1.82) is 0 Å². The van der Waals surface area contributed by atoms with E-state index in [0.717, 1.165) is 30.4 Å². The van der Waals surface area contributed by atoms with E-state index in [-0.39, 0.29) is 50.0 Å². The SMILES string of the molecule is CCCCCCCCCCCCCCCC(=O)NC(C)(COC(=O)c1nn(Cc2ccc(Cl)cc2Cl)c2ccccc12)COC(=O)c1nn(Cc2ccc(Cl)cc2Cl)c2ccccc12. The number of unbranched alkanes of at least 4 members (excludes halogenated alkanes) is 12. The number of benzene rings is 4. The Bertz CT molecular complexity index is 2370. The maximum atomic E-state index is 13.9. The number of aromatic nitrogens is 4. The van der Waals surface area contributed by atoms with Crippen molar-refractivity contribution in [3.05, 3.63) is 128 Å². The highest BCUT2D eigenvalue weighted by Crippen LogP contribution is 2.28. The quantitative estimate of drug-likeness (QED) is 0.0448. The Morgan fingerprint density at radius 3 is 1.41 bits per heavy atom. The van der Waals surface area contributed by atoms with E-state index in [0.29, 0.717) is 48.3 Å². The molecule has 0 saturated carbocycles. The number of carbonyl (C=O) groups is 3. The standard InChI is InChI=1S/C50H57Cl4N5O5/c1-3-4-5-6-7-8-9-10-11-12-13-14-15-24-45(60)55-50(2,33-63-48(61)46-39-20-16-18-22-43(39)58(56-46)31-35-25-27-37(51)29-41(35)53)34-64-49(62)47-40-21-17-19-23-44(40)59(57-47)32-36-26-28-38(52)30-42(36)54/h16-23,25-30H,3-15,24,31-34H2,1-2H3,(H,55,60). The fourth-order valence-corrected chi connectivity index (χ4v) is 8.76. The molecule has 1 amide bonds. The molecule has 0 spiro atoms. The third kappa shape index (κ3) is 13.7. The molecule has 6 rings (SSSR count). The zero-order valence-electron chi connectivity index (χ0n) is 36.7. The van der Waals surface area contributed by atoms with E-state index in [1.54, 1.807) is 52.7 Å². The minimum absolute atomic E-state index is 0.0936. The fraction of sp³-hybridized carbons (Fsp3) is 0.420. The number of rotatable bonds is 25. The Morgan fingerprint density at radius 2 is 0.984 bits per heavy atom. The van der Waals surface area contributed by atoms with E-state index < -0.39 is 17.5 Å². The van der Waals surface area contributed by atoms with Crippen LogP contribution in [0.3, 0.4) is 0 Å². The van der Waals surface area contributed by atoms with Crippen molar-refractivity contribution >= 4 is 86.1 Å². The van der Waals surface area contributed by atoms with Crippen LogP contribution < -0.4 is 5.32 Å². The molecule has 1 N–H and O–H groups in total. The van der Waals surface area contributed by atoms with Crippen LogP contribution in [0.5, 0.6) is 0 Å². The van der Waals surface area contributed by atoms with Crippen molar-refractivity contribution < 1.29 is 23.9 Å². The summed E-state index contributed by atoms with van der Waals surface area (Å²) in [6, 6.07) is 25.1. The summed E-state index contributed by atoms with van der Waals surface area (Å²) in [7, 11) is 0. The van der Waals surface area contributed by atoms with Crippen molar-refractivity contribution in [3.63, 3.8) is 0 Å². The van der Waals surface area contributed by atoms with Crippen molar-refractivity contribution in [1.82, 2.24) is 24.9 Å². The molecular weight excluding hydrogens is 892 g/mol. The van der Waals surface area contributed by atoms with Crippen LogP contribution in [0.15, 0.2) is 84.9 Å². The van der Waals surface area contributed by atoms with Gasteiger partial charge >= 0.3 is 11.9 Å². The van der Waals surface area contributed by atoms with Gasteiger partial charge in [-0.1, -0.05) is 179 Å². The van der Waals surface area contributed by atoms with Gasteiger partial charge in [-0.05, 0) is 60.9 Å². The average Bonchev–Trinajstić information content (AvgIpc) is 3.84. The number of hydrogen-bond donors (Lipinski definition) is 1. The van der Waals surface area contributed by atoms with Crippen molar-refractivity contribution in [2.24, 2.45) is 0 Å². The molecule has 6 aromatic rings. The first-order valence-corrected chi connectivity index (χ1v) is 23.9. The van der Waals surface area contributed by atoms with Crippen LogP contribution in [-0.4, -0.2) is 56.2 Å². The minimum Gasteiger partial charge on any atom is -0.458 e. The van der Waals surface area contributed by atoms with Gasteiger partial charge in [-0.25, -0.2) is 9.59 Å². The molecule has 4 aromatic carbocycles. The molecule has 0 bridgehead atoms. The highest BCUT2D eigenvalue weighted by atomic mass is 35.5. The Kier molecular flexibility index (Phi) is 18.4. The molecule has 2 heterocycles. The zero-order chi connectivity index (χ0) is 45.5. The molecule has 0 unspecified atom stereocenters. The Morgan fingerprint density at radius 1 is 0.578 bits per heavy atom. The highest BCUT2D eigenvalue weighted by Gasteiger charge is 2.33. The van der Waals surface area contributed by atoms with E-state index >= 15 is 0 Å². The maximum Gasteiger partial charge on any atom is 0.359 e. The van der Waals surface area contributed by atoms with Gasteiger partial charge in [0.05, 0.1) is 24.1 Å². The number of amides is 1. The third-order valence-electron chi connectivity index (χ3n) is 11.4. The summed E-state index contributed by atoms with van der Waals surface area (Å²) in [5, 5.41) is 15.5. The summed E-state index contributed by atoms with van der Waals surface area (Å²) in [4.78, 5) is 41.3. The first-order valence-electron chi connectivity index (χ1n) is 22.4. The summed E-state index contributed by atoms with van der Waals surface area (Å²) in [5.41, 5.74) is 1.83. The summed E-state index contributed by atoms with van der Waals surface area (Å²) >= 11 is 25.3. The number of nitrogens with zero attached hydrogens (tertiary/aromatic N) is 4. The first-order chi connectivity index (χ1) is 30.9. The highest BCUT2D eigenvalue weighted by molar-refractivity contribution is 6.35. The summed E-state index contributed by atoms with van der Waals surface area (Å²) < 4.78 is 15.2. The number of nitrogens with one attached hydrogen (secondary N) is 1. The zero-order valence-corrected chi connectivity index (χ0v) is 39.7. The smallest absolute Gasteiger partial charge is 0.359 e. The topological polar surface area (TPSA) is 117 Å². The number of carbonyl (C=O) groups excluding carboxylic acids is 3. The minimum atomic E-state index is -1.30. The van der Waals surface area contributed by atoms with Crippen LogP contribution in [0.1, 0.15) is 136 Å². The van der Waals surface area contributed by atoms with Gasteiger partial charge in [0.15, 0.2) is 11.4 Å². The Balaban J connectivity index is 1.12. The average molecular weight is 950 g/mol. The maximum absolute atomic E-state index is 13.9. The van der Waals surface area contributed by atoms with Gasteiger partial charge in [0.1, 0.15) is 18.8 Å². The van der Waals surface area contributed by atoms with Crippen LogP contribution >= 0.6 is 46.4 Å². The number of fused-ring (bicyclic) bond motifs is 2. The molecule has 10 nitrogen and oxygen atoms in total. The second-order valence-corrected chi connectivity index (χ2v) is 18.5. The van der Waals surface area contributed by atoms with Gasteiger partial charge in [0.2, 0.25) is 5.91 Å². The largest absolute Gasteiger partial charge is 0.458 e. The molecule has 0 atom stereocenters. The first kappa shape index (κ1) is 48.8.